The largest absolute Gasteiger partial charge is 0.461 e. The highest BCUT2D eigenvalue weighted by atomic mass is 35.7. The number of carbonyl (C=O) groups is 1. The van der Waals surface area contributed by atoms with Gasteiger partial charge in [-0.05, 0) is 17.5 Å². The van der Waals surface area contributed by atoms with Crippen molar-refractivity contribution in [1.29, 1.82) is 0 Å². The highest BCUT2D eigenvalue weighted by Crippen LogP contribution is 2.16. The van der Waals surface area contributed by atoms with Crippen molar-refractivity contribution in [3.8, 4) is 0 Å². The predicted molar refractivity (Wildman–Crippen MR) is 89.5 cm³/mol. The van der Waals surface area contributed by atoms with Crippen LogP contribution in [0.3, 0.4) is 0 Å². The van der Waals surface area contributed by atoms with Crippen molar-refractivity contribution in [2.75, 3.05) is 5.75 Å². The number of benzene rings is 2. The van der Waals surface area contributed by atoms with E-state index in [0.29, 0.717) is 0 Å². The van der Waals surface area contributed by atoms with Crippen LogP contribution in [0.4, 0.5) is 0 Å². The SMILES string of the molecule is O=C(OCc1ccccc1)C(Cc1ccccc1)CS(=O)(=O)Cl. The summed E-state index contributed by atoms with van der Waals surface area (Å²) in [7, 11) is 1.52. The lowest BCUT2D eigenvalue weighted by molar-refractivity contribution is -0.149. The van der Waals surface area contributed by atoms with Crippen molar-refractivity contribution < 1.29 is 17.9 Å². The number of carbonyl (C=O) groups excluding carboxylic acids is 1. The van der Waals surface area contributed by atoms with Gasteiger partial charge in [-0.3, -0.25) is 4.79 Å². The first-order valence-corrected chi connectivity index (χ1v) is 9.59. The lowest BCUT2D eigenvalue weighted by atomic mass is 10.0. The first-order valence-electron chi connectivity index (χ1n) is 7.11. The van der Waals surface area contributed by atoms with E-state index in [1.165, 1.54) is 0 Å². The van der Waals surface area contributed by atoms with E-state index in [1.807, 2.05) is 60.7 Å². The van der Waals surface area contributed by atoms with Gasteiger partial charge in [0.2, 0.25) is 9.05 Å². The minimum absolute atomic E-state index is 0.104. The van der Waals surface area contributed by atoms with E-state index in [-0.39, 0.29) is 13.0 Å². The summed E-state index contributed by atoms with van der Waals surface area (Å²) in [6.45, 7) is 0.104. The monoisotopic (exact) mass is 352 g/mol. The molecule has 0 aliphatic carbocycles. The second kappa shape index (κ2) is 8.13. The van der Waals surface area contributed by atoms with Gasteiger partial charge in [-0.2, -0.15) is 0 Å². The lowest BCUT2D eigenvalue weighted by Gasteiger charge is -2.15. The van der Waals surface area contributed by atoms with Gasteiger partial charge in [0.15, 0.2) is 0 Å². The zero-order chi connectivity index (χ0) is 16.7. The Morgan fingerprint density at radius 1 is 0.957 bits per heavy atom. The number of esters is 1. The van der Waals surface area contributed by atoms with E-state index in [0.717, 1.165) is 11.1 Å². The Bertz CT molecular complexity index is 730. The maximum absolute atomic E-state index is 12.3. The number of rotatable bonds is 7. The molecule has 0 N–H and O–H groups in total. The number of halogens is 1. The van der Waals surface area contributed by atoms with Crippen molar-refractivity contribution in [3.05, 3.63) is 71.8 Å². The van der Waals surface area contributed by atoms with E-state index in [2.05, 4.69) is 0 Å². The molecule has 0 radical (unpaired) electrons. The van der Waals surface area contributed by atoms with Gasteiger partial charge >= 0.3 is 5.97 Å². The van der Waals surface area contributed by atoms with Crippen LogP contribution in [0.25, 0.3) is 0 Å². The molecule has 23 heavy (non-hydrogen) atoms. The molecule has 0 fully saturated rings. The van der Waals surface area contributed by atoms with Crippen LogP contribution in [0.1, 0.15) is 11.1 Å². The fourth-order valence-electron chi connectivity index (χ4n) is 2.20. The van der Waals surface area contributed by atoms with Crippen LogP contribution >= 0.6 is 10.7 Å². The quantitative estimate of drug-likeness (QED) is 0.567. The molecule has 122 valence electrons. The maximum Gasteiger partial charge on any atom is 0.310 e. The molecule has 2 aromatic rings. The van der Waals surface area contributed by atoms with Crippen LogP contribution < -0.4 is 0 Å². The molecule has 0 saturated carbocycles. The van der Waals surface area contributed by atoms with E-state index in [4.69, 9.17) is 15.4 Å². The van der Waals surface area contributed by atoms with Crippen LogP contribution in [-0.2, 0) is 31.6 Å². The van der Waals surface area contributed by atoms with Crippen molar-refractivity contribution in [2.24, 2.45) is 5.92 Å². The fraction of sp³-hybridized carbons (Fsp3) is 0.235. The van der Waals surface area contributed by atoms with Gasteiger partial charge in [0.25, 0.3) is 0 Å². The Labute approximate surface area is 140 Å². The Kier molecular flexibility index (Phi) is 6.19. The smallest absolute Gasteiger partial charge is 0.310 e. The van der Waals surface area contributed by atoms with Gasteiger partial charge in [-0.1, -0.05) is 60.7 Å². The summed E-state index contributed by atoms with van der Waals surface area (Å²) >= 11 is 0. The molecule has 0 aliphatic heterocycles. The zero-order valence-electron chi connectivity index (χ0n) is 12.4. The van der Waals surface area contributed by atoms with Gasteiger partial charge in [0.05, 0.1) is 11.7 Å². The molecule has 0 heterocycles. The summed E-state index contributed by atoms with van der Waals surface area (Å²) in [5, 5.41) is 0. The summed E-state index contributed by atoms with van der Waals surface area (Å²) in [6, 6.07) is 18.4. The molecular formula is C17H17ClO4S. The van der Waals surface area contributed by atoms with Gasteiger partial charge in [-0.25, -0.2) is 8.42 Å². The van der Waals surface area contributed by atoms with Crippen molar-refractivity contribution in [3.63, 3.8) is 0 Å². The third-order valence-corrected chi connectivity index (χ3v) is 4.46. The summed E-state index contributed by atoms with van der Waals surface area (Å²) in [4.78, 5) is 12.3. The van der Waals surface area contributed by atoms with E-state index >= 15 is 0 Å². The Balaban J connectivity index is 2.04. The molecule has 2 rings (SSSR count). The Morgan fingerprint density at radius 2 is 1.48 bits per heavy atom. The lowest BCUT2D eigenvalue weighted by Crippen LogP contribution is -2.26. The maximum atomic E-state index is 12.3. The summed E-state index contributed by atoms with van der Waals surface area (Å²) < 4.78 is 28.0. The van der Waals surface area contributed by atoms with E-state index < -0.39 is 26.7 Å². The molecule has 0 spiro atoms. The molecule has 4 nitrogen and oxygen atoms in total. The average molecular weight is 353 g/mol. The summed E-state index contributed by atoms with van der Waals surface area (Å²) in [6.07, 6.45) is 0.264. The molecule has 0 aliphatic rings. The number of hydrogen-bond acceptors (Lipinski definition) is 4. The van der Waals surface area contributed by atoms with Crippen molar-refractivity contribution >= 4 is 25.7 Å². The second-order valence-electron chi connectivity index (χ2n) is 5.19. The third kappa shape index (κ3) is 6.42. The molecule has 6 heteroatoms. The molecule has 0 aromatic heterocycles. The minimum Gasteiger partial charge on any atom is -0.461 e. The van der Waals surface area contributed by atoms with E-state index in [9.17, 15) is 13.2 Å². The highest BCUT2D eigenvalue weighted by Gasteiger charge is 2.26. The highest BCUT2D eigenvalue weighted by molar-refractivity contribution is 8.13. The third-order valence-electron chi connectivity index (χ3n) is 3.28. The van der Waals surface area contributed by atoms with Crippen molar-refractivity contribution in [1.82, 2.24) is 0 Å². The zero-order valence-corrected chi connectivity index (χ0v) is 14.0. The van der Waals surface area contributed by atoms with Gasteiger partial charge in [-0.15, -0.1) is 0 Å². The first-order chi connectivity index (χ1) is 10.9. The number of hydrogen-bond donors (Lipinski definition) is 0. The fourth-order valence-corrected chi connectivity index (χ4v) is 3.39. The molecule has 1 atom stereocenters. The van der Waals surface area contributed by atoms with Crippen molar-refractivity contribution in [2.45, 2.75) is 13.0 Å². The Hall–Kier alpha value is -1.85. The molecule has 0 bridgehead atoms. The van der Waals surface area contributed by atoms with Gasteiger partial charge in [0, 0.05) is 10.7 Å². The molecule has 1 unspecified atom stereocenters. The predicted octanol–water partition coefficient (Wildman–Crippen LogP) is 3.16. The molecule has 0 amide bonds. The van der Waals surface area contributed by atoms with E-state index in [1.54, 1.807) is 0 Å². The van der Waals surface area contributed by atoms with Crippen LogP contribution in [0.15, 0.2) is 60.7 Å². The second-order valence-corrected chi connectivity index (χ2v) is 8.01. The molecule has 0 saturated heterocycles. The molecular weight excluding hydrogens is 336 g/mol. The summed E-state index contributed by atoms with van der Waals surface area (Å²) in [5.41, 5.74) is 1.70. The standard InChI is InChI=1S/C17H17ClO4S/c18-23(20,21)13-16(11-14-7-3-1-4-8-14)17(19)22-12-15-9-5-2-6-10-15/h1-10,16H,11-13H2. The van der Waals surface area contributed by atoms with Crippen LogP contribution in [0, 0.1) is 5.92 Å². The average Bonchev–Trinajstić information content (AvgIpc) is 2.53. The topological polar surface area (TPSA) is 60.4 Å². The first kappa shape index (κ1) is 17.5. The number of ether oxygens (including phenoxy) is 1. The van der Waals surface area contributed by atoms with Gasteiger partial charge in [0.1, 0.15) is 6.61 Å². The van der Waals surface area contributed by atoms with Crippen LogP contribution in [-0.4, -0.2) is 20.1 Å². The van der Waals surface area contributed by atoms with Gasteiger partial charge < -0.3 is 4.74 Å². The summed E-state index contributed by atoms with van der Waals surface area (Å²) in [5.74, 6) is -1.84. The van der Waals surface area contributed by atoms with Crippen LogP contribution in [0.2, 0.25) is 0 Å². The van der Waals surface area contributed by atoms with Crippen LogP contribution in [0.5, 0.6) is 0 Å². The molecule has 2 aromatic carbocycles. The normalized spacial score (nSPS) is 12.6. The minimum atomic E-state index is -3.80. The Morgan fingerprint density at radius 3 is 2.00 bits per heavy atom.